The van der Waals surface area contributed by atoms with Crippen molar-refractivity contribution >= 4 is 11.0 Å². The Hall–Kier alpha value is -1.96. The number of fused-ring (bicyclic) bond motifs is 1. The summed E-state index contributed by atoms with van der Waals surface area (Å²) in [6.45, 7) is 4.05. The minimum absolute atomic E-state index is 0.149. The van der Waals surface area contributed by atoms with Gasteiger partial charge in [-0.3, -0.25) is 0 Å². The Kier molecular flexibility index (Phi) is 2.29. The molecule has 3 aromatic rings. The van der Waals surface area contributed by atoms with Crippen molar-refractivity contribution in [3.63, 3.8) is 0 Å². The maximum atomic E-state index is 5.83. The van der Waals surface area contributed by atoms with Crippen molar-refractivity contribution in [3.8, 4) is 0 Å². The van der Waals surface area contributed by atoms with Gasteiger partial charge < -0.3 is 8.83 Å². The Bertz CT molecular complexity index is 613. The number of hydrogen-bond acceptors (Lipinski definition) is 2. The summed E-state index contributed by atoms with van der Waals surface area (Å²) in [5.74, 6) is 2.97. The summed E-state index contributed by atoms with van der Waals surface area (Å²) < 4.78 is 11.5. The number of furan rings is 2. The SMILES string of the molecule is Cc1ccc(C(C)c2cc3ccccc3o2)o1. The molecule has 0 saturated carbocycles. The minimum Gasteiger partial charge on any atom is -0.466 e. The molecule has 2 aromatic heterocycles. The molecule has 0 saturated heterocycles. The van der Waals surface area contributed by atoms with Crippen molar-refractivity contribution in [3.05, 3.63) is 59.7 Å². The second-order valence-corrected chi connectivity index (χ2v) is 4.36. The van der Waals surface area contributed by atoms with Gasteiger partial charge in [0, 0.05) is 5.39 Å². The predicted octanol–water partition coefficient (Wildman–Crippen LogP) is 4.49. The van der Waals surface area contributed by atoms with Crippen LogP contribution >= 0.6 is 0 Å². The standard InChI is InChI=1S/C15H14O2/c1-10-7-8-13(16-10)11(2)15-9-12-5-3-4-6-14(12)17-15/h3-9,11H,1-2H3. The molecule has 0 N–H and O–H groups in total. The van der Waals surface area contributed by atoms with Gasteiger partial charge in [0.25, 0.3) is 0 Å². The third-order valence-electron chi connectivity index (χ3n) is 3.06. The second kappa shape index (κ2) is 3.81. The summed E-state index contributed by atoms with van der Waals surface area (Å²) in [6.07, 6.45) is 0. The van der Waals surface area contributed by atoms with Gasteiger partial charge in [0.15, 0.2) is 0 Å². The van der Waals surface area contributed by atoms with E-state index in [2.05, 4.69) is 19.1 Å². The van der Waals surface area contributed by atoms with E-state index in [0.717, 1.165) is 28.2 Å². The fourth-order valence-electron chi connectivity index (χ4n) is 2.04. The normalized spacial score (nSPS) is 13.1. The highest BCUT2D eigenvalue weighted by atomic mass is 16.4. The van der Waals surface area contributed by atoms with Crippen molar-refractivity contribution in [2.75, 3.05) is 0 Å². The molecule has 3 rings (SSSR count). The number of aryl methyl sites for hydroxylation is 1. The van der Waals surface area contributed by atoms with Crippen LogP contribution < -0.4 is 0 Å². The molecule has 0 aliphatic rings. The van der Waals surface area contributed by atoms with Crippen LogP contribution in [-0.4, -0.2) is 0 Å². The van der Waals surface area contributed by atoms with Crippen LogP contribution in [0, 0.1) is 6.92 Å². The van der Waals surface area contributed by atoms with Gasteiger partial charge in [0.05, 0.1) is 5.92 Å². The maximum Gasteiger partial charge on any atom is 0.134 e. The first-order valence-electron chi connectivity index (χ1n) is 5.79. The Morgan fingerprint density at radius 3 is 2.47 bits per heavy atom. The lowest BCUT2D eigenvalue weighted by molar-refractivity contribution is 0.438. The number of benzene rings is 1. The molecular formula is C15H14O2. The van der Waals surface area contributed by atoms with E-state index in [1.165, 1.54) is 0 Å². The molecular weight excluding hydrogens is 212 g/mol. The zero-order valence-corrected chi connectivity index (χ0v) is 9.94. The number of hydrogen-bond donors (Lipinski definition) is 0. The van der Waals surface area contributed by atoms with E-state index in [0.29, 0.717) is 0 Å². The van der Waals surface area contributed by atoms with Gasteiger partial charge in [-0.25, -0.2) is 0 Å². The third-order valence-corrected chi connectivity index (χ3v) is 3.06. The van der Waals surface area contributed by atoms with Crippen LogP contribution in [0.5, 0.6) is 0 Å². The molecule has 0 bridgehead atoms. The van der Waals surface area contributed by atoms with E-state index in [1.54, 1.807) is 0 Å². The molecule has 0 spiro atoms. The molecule has 1 atom stereocenters. The van der Waals surface area contributed by atoms with Gasteiger partial charge in [0.1, 0.15) is 22.9 Å². The van der Waals surface area contributed by atoms with E-state index in [9.17, 15) is 0 Å². The van der Waals surface area contributed by atoms with Gasteiger partial charge in [-0.2, -0.15) is 0 Å². The van der Waals surface area contributed by atoms with Crippen LogP contribution in [0.2, 0.25) is 0 Å². The fraction of sp³-hybridized carbons (Fsp3) is 0.200. The summed E-state index contributed by atoms with van der Waals surface area (Å²) in [5, 5.41) is 1.14. The molecule has 0 radical (unpaired) electrons. The predicted molar refractivity (Wildman–Crippen MR) is 67.2 cm³/mol. The van der Waals surface area contributed by atoms with Crippen LogP contribution in [0.4, 0.5) is 0 Å². The minimum atomic E-state index is 0.149. The Morgan fingerprint density at radius 1 is 0.941 bits per heavy atom. The highest BCUT2D eigenvalue weighted by molar-refractivity contribution is 5.77. The van der Waals surface area contributed by atoms with Crippen molar-refractivity contribution in [1.29, 1.82) is 0 Å². The monoisotopic (exact) mass is 226 g/mol. The maximum absolute atomic E-state index is 5.83. The van der Waals surface area contributed by atoms with Crippen LogP contribution in [0.15, 0.2) is 51.3 Å². The average Bonchev–Trinajstić information content (AvgIpc) is 2.93. The second-order valence-electron chi connectivity index (χ2n) is 4.36. The zero-order valence-electron chi connectivity index (χ0n) is 9.94. The summed E-state index contributed by atoms with van der Waals surface area (Å²) in [5.41, 5.74) is 0.928. The van der Waals surface area contributed by atoms with Crippen molar-refractivity contribution in [2.45, 2.75) is 19.8 Å². The van der Waals surface area contributed by atoms with E-state index in [4.69, 9.17) is 8.83 Å². The molecule has 0 aliphatic carbocycles. The summed E-state index contributed by atoms with van der Waals surface area (Å²) in [6, 6.07) is 14.1. The molecule has 17 heavy (non-hydrogen) atoms. The highest BCUT2D eigenvalue weighted by Crippen LogP contribution is 2.30. The quantitative estimate of drug-likeness (QED) is 0.643. The lowest BCUT2D eigenvalue weighted by atomic mass is 10.1. The Morgan fingerprint density at radius 2 is 1.76 bits per heavy atom. The fourth-order valence-corrected chi connectivity index (χ4v) is 2.04. The van der Waals surface area contributed by atoms with E-state index < -0.39 is 0 Å². The van der Waals surface area contributed by atoms with Crippen LogP contribution in [0.3, 0.4) is 0 Å². The first kappa shape index (κ1) is 10.2. The van der Waals surface area contributed by atoms with Gasteiger partial charge >= 0.3 is 0 Å². The molecule has 2 heterocycles. The third kappa shape index (κ3) is 1.76. The molecule has 86 valence electrons. The zero-order chi connectivity index (χ0) is 11.8. The largest absolute Gasteiger partial charge is 0.466 e. The van der Waals surface area contributed by atoms with Crippen LogP contribution in [0.1, 0.15) is 30.1 Å². The Labute approximate surface area is 99.9 Å². The molecule has 0 amide bonds. The average molecular weight is 226 g/mol. The summed E-state index contributed by atoms with van der Waals surface area (Å²) in [4.78, 5) is 0. The van der Waals surface area contributed by atoms with Crippen molar-refractivity contribution in [1.82, 2.24) is 0 Å². The van der Waals surface area contributed by atoms with Crippen LogP contribution in [0.25, 0.3) is 11.0 Å². The first-order chi connectivity index (χ1) is 8.24. The van der Waals surface area contributed by atoms with Gasteiger partial charge in [-0.1, -0.05) is 18.2 Å². The number of rotatable bonds is 2. The van der Waals surface area contributed by atoms with Crippen LogP contribution in [-0.2, 0) is 0 Å². The van der Waals surface area contributed by atoms with Crippen molar-refractivity contribution < 1.29 is 8.83 Å². The van der Waals surface area contributed by atoms with E-state index >= 15 is 0 Å². The van der Waals surface area contributed by atoms with Gasteiger partial charge in [0.2, 0.25) is 0 Å². The lowest BCUT2D eigenvalue weighted by Gasteiger charge is -2.03. The first-order valence-corrected chi connectivity index (χ1v) is 5.79. The summed E-state index contributed by atoms with van der Waals surface area (Å²) in [7, 11) is 0. The number of para-hydroxylation sites is 1. The van der Waals surface area contributed by atoms with Gasteiger partial charge in [-0.05, 0) is 38.1 Å². The highest BCUT2D eigenvalue weighted by Gasteiger charge is 2.16. The molecule has 0 fully saturated rings. The lowest BCUT2D eigenvalue weighted by Crippen LogP contribution is -1.90. The van der Waals surface area contributed by atoms with Crippen molar-refractivity contribution in [2.24, 2.45) is 0 Å². The topological polar surface area (TPSA) is 26.3 Å². The molecule has 2 nitrogen and oxygen atoms in total. The van der Waals surface area contributed by atoms with E-state index in [1.807, 2.05) is 37.3 Å². The van der Waals surface area contributed by atoms with Gasteiger partial charge in [-0.15, -0.1) is 0 Å². The molecule has 1 aromatic carbocycles. The smallest absolute Gasteiger partial charge is 0.134 e. The summed E-state index contributed by atoms with van der Waals surface area (Å²) >= 11 is 0. The molecule has 2 heteroatoms. The Balaban J connectivity index is 2.03. The molecule has 0 aliphatic heterocycles. The van der Waals surface area contributed by atoms with E-state index in [-0.39, 0.29) is 5.92 Å². The molecule has 1 unspecified atom stereocenters.